The zero-order valence-electron chi connectivity index (χ0n) is 10.7. The summed E-state index contributed by atoms with van der Waals surface area (Å²) in [6.07, 6.45) is 6.52. The molecule has 0 heterocycles. The van der Waals surface area contributed by atoms with E-state index in [0.717, 1.165) is 44.6 Å². The third kappa shape index (κ3) is 4.81. The van der Waals surface area contributed by atoms with Gasteiger partial charge in [-0.2, -0.15) is 0 Å². The first-order valence-corrected chi connectivity index (χ1v) is 6.57. The quantitative estimate of drug-likeness (QED) is 0.686. The van der Waals surface area contributed by atoms with Gasteiger partial charge in [0.05, 0.1) is 12.7 Å². The lowest BCUT2D eigenvalue weighted by molar-refractivity contribution is -0.00728. The zero-order valence-corrected chi connectivity index (χ0v) is 10.7. The summed E-state index contributed by atoms with van der Waals surface area (Å²) in [5, 5.41) is 9.23. The van der Waals surface area contributed by atoms with E-state index in [1.54, 1.807) is 0 Å². The fraction of sp³-hybridized carbons (Fsp3) is 1.00. The van der Waals surface area contributed by atoms with Crippen molar-refractivity contribution in [1.82, 2.24) is 0 Å². The van der Waals surface area contributed by atoms with Gasteiger partial charge in [0.1, 0.15) is 0 Å². The Kier molecular flexibility index (Phi) is 5.73. The molecule has 2 unspecified atom stereocenters. The SMILES string of the molecule is CC(C)CCCOC1CCCC(N)(CO)C1. The molecule has 0 aromatic carbocycles. The third-order valence-corrected chi connectivity index (χ3v) is 3.43. The minimum absolute atomic E-state index is 0.0822. The van der Waals surface area contributed by atoms with Gasteiger partial charge in [-0.05, 0) is 44.4 Å². The second-order valence-electron chi connectivity index (χ2n) is 5.65. The summed E-state index contributed by atoms with van der Waals surface area (Å²) in [4.78, 5) is 0. The molecule has 0 bridgehead atoms. The van der Waals surface area contributed by atoms with Gasteiger partial charge in [0.2, 0.25) is 0 Å². The number of aliphatic hydroxyl groups excluding tert-OH is 1. The number of aliphatic hydroxyl groups is 1. The van der Waals surface area contributed by atoms with E-state index in [1.165, 1.54) is 6.42 Å². The maximum absolute atomic E-state index is 9.23. The van der Waals surface area contributed by atoms with Crippen LogP contribution in [0, 0.1) is 5.92 Å². The van der Waals surface area contributed by atoms with Crippen LogP contribution in [0.1, 0.15) is 52.4 Å². The molecule has 96 valence electrons. The van der Waals surface area contributed by atoms with Gasteiger partial charge in [0.15, 0.2) is 0 Å². The molecule has 1 aliphatic rings. The van der Waals surface area contributed by atoms with E-state index in [0.29, 0.717) is 0 Å². The highest BCUT2D eigenvalue weighted by atomic mass is 16.5. The predicted molar refractivity (Wildman–Crippen MR) is 66.3 cm³/mol. The standard InChI is InChI=1S/C13H27NO2/c1-11(2)5-4-8-16-12-6-3-7-13(14,9-12)10-15/h11-12,15H,3-10,14H2,1-2H3. The first kappa shape index (κ1) is 13.9. The van der Waals surface area contributed by atoms with Gasteiger partial charge < -0.3 is 15.6 Å². The Bertz CT molecular complexity index is 196. The normalized spacial score (nSPS) is 30.9. The largest absolute Gasteiger partial charge is 0.394 e. The molecule has 0 aliphatic heterocycles. The summed E-state index contributed by atoms with van der Waals surface area (Å²) in [6.45, 7) is 5.39. The van der Waals surface area contributed by atoms with Crippen molar-refractivity contribution in [2.75, 3.05) is 13.2 Å². The summed E-state index contributed by atoms with van der Waals surface area (Å²) in [5.41, 5.74) is 5.68. The van der Waals surface area contributed by atoms with Crippen LogP contribution in [-0.2, 0) is 4.74 Å². The van der Waals surface area contributed by atoms with Crippen LogP contribution >= 0.6 is 0 Å². The van der Waals surface area contributed by atoms with E-state index >= 15 is 0 Å². The van der Waals surface area contributed by atoms with Gasteiger partial charge in [-0.25, -0.2) is 0 Å². The first-order valence-electron chi connectivity index (χ1n) is 6.57. The molecule has 0 amide bonds. The molecule has 0 aromatic heterocycles. The number of nitrogens with two attached hydrogens (primary N) is 1. The molecule has 3 N–H and O–H groups in total. The molecular formula is C13H27NO2. The van der Waals surface area contributed by atoms with Gasteiger partial charge in [-0.1, -0.05) is 13.8 Å². The van der Waals surface area contributed by atoms with E-state index in [1.807, 2.05) is 0 Å². The molecule has 1 saturated carbocycles. The highest BCUT2D eigenvalue weighted by molar-refractivity contribution is 4.90. The van der Waals surface area contributed by atoms with Crippen LogP contribution in [0.15, 0.2) is 0 Å². The summed E-state index contributed by atoms with van der Waals surface area (Å²) in [5.74, 6) is 0.751. The van der Waals surface area contributed by atoms with Crippen molar-refractivity contribution in [3.05, 3.63) is 0 Å². The fourth-order valence-electron chi connectivity index (χ4n) is 2.37. The van der Waals surface area contributed by atoms with Crippen LogP contribution in [0.3, 0.4) is 0 Å². The Morgan fingerprint density at radius 2 is 2.25 bits per heavy atom. The molecular weight excluding hydrogens is 202 g/mol. The van der Waals surface area contributed by atoms with Crippen molar-refractivity contribution in [1.29, 1.82) is 0 Å². The second-order valence-corrected chi connectivity index (χ2v) is 5.65. The Labute approximate surface area is 99.4 Å². The molecule has 0 aromatic rings. The van der Waals surface area contributed by atoms with Gasteiger partial charge in [0.25, 0.3) is 0 Å². The van der Waals surface area contributed by atoms with E-state index in [2.05, 4.69) is 13.8 Å². The van der Waals surface area contributed by atoms with Crippen molar-refractivity contribution < 1.29 is 9.84 Å². The van der Waals surface area contributed by atoms with Crippen molar-refractivity contribution in [2.24, 2.45) is 11.7 Å². The summed E-state index contributed by atoms with van der Waals surface area (Å²) < 4.78 is 5.84. The van der Waals surface area contributed by atoms with Crippen molar-refractivity contribution in [3.63, 3.8) is 0 Å². The van der Waals surface area contributed by atoms with Crippen LogP contribution < -0.4 is 5.73 Å². The van der Waals surface area contributed by atoms with Gasteiger partial charge in [-0.3, -0.25) is 0 Å². The number of hydrogen-bond acceptors (Lipinski definition) is 3. The highest BCUT2D eigenvalue weighted by Crippen LogP contribution is 2.28. The molecule has 16 heavy (non-hydrogen) atoms. The molecule has 1 aliphatic carbocycles. The lowest BCUT2D eigenvalue weighted by Crippen LogP contribution is -2.49. The van der Waals surface area contributed by atoms with Crippen LogP contribution in [-0.4, -0.2) is 30.0 Å². The molecule has 0 radical (unpaired) electrons. The summed E-state index contributed by atoms with van der Waals surface area (Å²) >= 11 is 0. The van der Waals surface area contributed by atoms with Gasteiger partial charge in [-0.15, -0.1) is 0 Å². The number of rotatable bonds is 6. The van der Waals surface area contributed by atoms with Crippen molar-refractivity contribution in [3.8, 4) is 0 Å². The van der Waals surface area contributed by atoms with Gasteiger partial charge in [0, 0.05) is 12.1 Å². The molecule has 0 spiro atoms. The molecule has 0 saturated heterocycles. The van der Waals surface area contributed by atoms with Crippen LogP contribution in [0.25, 0.3) is 0 Å². The molecule has 1 rings (SSSR count). The molecule has 2 atom stereocenters. The molecule has 3 heteroatoms. The topological polar surface area (TPSA) is 55.5 Å². The lowest BCUT2D eigenvalue weighted by Gasteiger charge is -2.36. The van der Waals surface area contributed by atoms with Crippen LogP contribution in [0.4, 0.5) is 0 Å². The minimum Gasteiger partial charge on any atom is -0.394 e. The second kappa shape index (κ2) is 6.58. The number of hydrogen-bond donors (Lipinski definition) is 2. The van der Waals surface area contributed by atoms with Crippen molar-refractivity contribution >= 4 is 0 Å². The monoisotopic (exact) mass is 229 g/mol. The zero-order chi connectivity index (χ0) is 12.0. The molecule has 3 nitrogen and oxygen atoms in total. The van der Waals surface area contributed by atoms with E-state index in [9.17, 15) is 5.11 Å². The average molecular weight is 229 g/mol. The Balaban J connectivity index is 2.17. The minimum atomic E-state index is -0.388. The van der Waals surface area contributed by atoms with Gasteiger partial charge >= 0.3 is 0 Å². The first-order chi connectivity index (χ1) is 7.56. The van der Waals surface area contributed by atoms with E-state index < -0.39 is 0 Å². The average Bonchev–Trinajstić information content (AvgIpc) is 2.24. The smallest absolute Gasteiger partial charge is 0.0612 e. The highest BCUT2D eigenvalue weighted by Gasteiger charge is 2.32. The van der Waals surface area contributed by atoms with E-state index in [4.69, 9.17) is 10.5 Å². The maximum Gasteiger partial charge on any atom is 0.0612 e. The Morgan fingerprint density at radius 3 is 2.88 bits per heavy atom. The van der Waals surface area contributed by atoms with E-state index in [-0.39, 0.29) is 18.2 Å². The fourth-order valence-corrected chi connectivity index (χ4v) is 2.37. The van der Waals surface area contributed by atoms with Crippen LogP contribution in [0.2, 0.25) is 0 Å². The van der Waals surface area contributed by atoms with Crippen molar-refractivity contribution in [2.45, 2.75) is 64.0 Å². The number of ether oxygens (including phenoxy) is 1. The summed E-state index contributed by atoms with van der Waals surface area (Å²) in [7, 11) is 0. The predicted octanol–water partition coefficient (Wildman–Crippen LogP) is 2.07. The summed E-state index contributed by atoms with van der Waals surface area (Å²) in [6, 6.07) is 0. The maximum atomic E-state index is 9.23. The Hall–Kier alpha value is -0.120. The lowest BCUT2D eigenvalue weighted by atomic mass is 9.81. The van der Waals surface area contributed by atoms with Crippen LogP contribution in [0.5, 0.6) is 0 Å². The molecule has 1 fully saturated rings. The Morgan fingerprint density at radius 1 is 1.50 bits per heavy atom. The third-order valence-electron chi connectivity index (χ3n) is 3.43.